The van der Waals surface area contributed by atoms with Gasteiger partial charge < -0.3 is 4.90 Å². The van der Waals surface area contributed by atoms with Gasteiger partial charge in [-0.25, -0.2) is 0 Å². The van der Waals surface area contributed by atoms with Crippen molar-refractivity contribution in [2.75, 3.05) is 11.9 Å². The summed E-state index contributed by atoms with van der Waals surface area (Å²) in [6.45, 7) is 0. The predicted octanol–water partition coefficient (Wildman–Crippen LogP) is 5.61. The van der Waals surface area contributed by atoms with E-state index in [-0.39, 0.29) is 5.57 Å². The minimum atomic E-state index is 0.119. The van der Waals surface area contributed by atoms with Gasteiger partial charge in [0.25, 0.3) is 0 Å². The van der Waals surface area contributed by atoms with Crippen LogP contribution in [0.3, 0.4) is 0 Å². The largest absolute Gasteiger partial charge is 0.345 e. The molecule has 1 heterocycles. The third kappa shape index (κ3) is 3.77. The van der Waals surface area contributed by atoms with E-state index in [2.05, 4.69) is 41.3 Å². The highest BCUT2D eigenvalue weighted by Gasteiger charge is 2.06. The molecule has 2 aromatic carbocycles. The molecule has 0 aliphatic heterocycles. The number of allylic oxidation sites excluding steroid dienone is 1. The van der Waals surface area contributed by atoms with Gasteiger partial charge in [0.15, 0.2) is 0 Å². The summed E-state index contributed by atoms with van der Waals surface area (Å²) in [4.78, 5) is 4.15. The number of hydrogen-bond donors (Lipinski definition) is 0. The van der Waals surface area contributed by atoms with Gasteiger partial charge in [0, 0.05) is 28.2 Å². The van der Waals surface area contributed by atoms with Crippen LogP contribution in [-0.4, -0.2) is 7.05 Å². The second-order valence-corrected chi connectivity index (χ2v) is 6.54. The van der Waals surface area contributed by atoms with Crippen molar-refractivity contribution < 1.29 is 0 Å². The Morgan fingerprint density at radius 2 is 1.52 bits per heavy atom. The van der Waals surface area contributed by atoms with Crippen molar-refractivity contribution >= 4 is 28.8 Å². The summed E-state index contributed by atoms with van der Waals surface area (Å²) in [5, 5.41) is 17.7. The van der Waals surface area contributed by atoms with Gasteiger partial charge in [-0.05, 0) is 48.0 Å². The van der Waals surface area contributed by atoms with Gasteiger partial charge >= 0.3 is 0 Å². The van der Waals surface area contributed by atoms with Gasteiger partial charge in [0.1, 0.15) is 17.7 Å². The van der Waals surface area contributed by atoms with Crippen molar-refractivity contribution in [2.24, 2.45) is 0 Å². The van der Waals surface area contributed by atoms with E-state index in [4.69, 9.17) is 10.5 Å². The highest BCUT2D eigenvalue weighted by Crippen LogP contribution is 2.31. The molecular weight excluding hydrogens is 326 g/mol. The molecule has 0 unspecified atom stereocenters. The Balaban J connectivity index is 1.82. The van der Waals surface area contributed by atoms with Gasteiger partial charge in [0.2, 0.25) is 0 Å². The fourth-order valence-electron chi connectivity index (χ4n) is 2.47. The zero-order chi connectivity index (χ0) is 17.6. The zero-order valence-corrected chi connectivity index (χ0v) is 14.5. The van der Waals surface area contributed by atoms with Crippen molar-refractivity contribution in [1.29, 1.82) is 10.5 Å². The number of thiophene rings is 1. The summed E-state index contributed by atoms with van der Waals surface area (Å²) >= 11 is 1.56. The standard InChI is InChI=1S/C21H15N3S/c1-24(18-5-3-2-4-6-18)19-9-7-17(8-10-19)21-12-11-20(25-21)13-16(14-22)15-23/h2-13H,1H3. The number of para-hydroxylation sites is 1. The lowest BCUT2D eigenvalue weighted by atomic mass is 10.1. The summed E-state index contributed by atoms with van der Waals surface area (Å²) in [5.74, 6) is 0. The van der Waals surface area contributed by atoms with Crippen molar-refractivity contribution in [3.8, 4) is 22.6 Å². The summed E-state index contributed by atoms with van der Waals surface area (Å²) in [6.07, 6.45) is 1.62. The third-order valence-corrected chi connectivity index (χ3v) is 4.92. The van der Waals surface area contributed by atoms with Crippen molar-refractivity contribution in [2.45, 2.75) is 0 Å². The molecule has 0 atom stereocenters. The second kappa shape index (κ2) is 7.49. The van der Waals surface area contributed by atoms with Gasteiger partial charge in [-0.3, -0.25) is 0 Å². The fraction of sp³-hybridized carbons (Fsp3) is 0.0476. The molecule has 3 rings (SSSR count). The Morgan fingerprint density at radius 3 is 2.16 bits per heavy atom. The number of anilines is 2. The van der Waals surface area contributed by atoms with Gasteiger partial charge in [-0.2, -0.15) is 10.5 Å². The second-order valence-electron chi connectivity index (χ2n) is 5.43. The van der Waals surface area contributed by atoms with Crippen molar-refractivity contribution in [1.82, 2.24) is 0 Å². The summed E-state index contributed by atoms with van der Waals surface area (Å²) in [7, 11) is 2.05. The smallest absolute Gasteiger partial charge is 0.131 e. The molecule has 0 saturated heterocycles. The first-order valence-corrected chi connectivity index (χ1v) is 8.54. The summed E-state index contributed by atoms with van der Waals surface area (Å²) in [5.41, 5.74) is 3.49. The minimum absolute atomic E-state index is 0.119. The van der Waals surface area contributed by atoms with E-state index in [1.54, 1.807) is 17.4 Å². The Hall–Kier alpha value is -3.34. The molecule has 4 heteroatoms. The number of nitrogens with zero attached hydrogens (tertiary/aromatic N) is 3. The molecule has 0 bridgehead atoms. The molecule has 0 radical (unpaired) electrons. The highest BCUT2D eigenvalue weighted by molar-refractivity contribution is 7.16. The Labute approximate surface area is 151 Å². The van der Waals surface area contributed by atoms with E-state index in [0.717, 1.165) is 26.7 Å². The van der Waals surface area contributed by atoms with Crippen LogP contribution in [0.25, 0.3) is 16.5 Å². The average molecular weight is 341 g/mol. The molecule has 1 aromatic heterocycles. The van der Waals surface area contributed by atoms with Crippen LogP contribution < -0.4 is 4.90 Å². The predicted molar refractivity (Wildman–Crippen MR) is 103 cm³/mol. The van der Waals surface area contributed by atoms with Crippen LogP contribution in [-0.2, 0) is 0 Å². The minimum Gasteiger partial charge on any atom is -0.345 e. The maximum Gasteiger partial charge on any atom is 0.131 e. The van der Waals surface area contributed by atoms with Crippen LogP contribution >= 0.6 is 11.3 Å². The van der Waals surface area contributed by atoms with E-state index >= 15 is 0 Å². The fourth-order valence-corrected chi connectivity index (χ4v) is 3.42. The van der Waals surface area contributed by atoms with E-state index < -0.39 is 0 Å². The van der Waals surface area contributed by atoms with Crippen LogP contribution in [0, 0.1) is 22.7 Å². The number of benzene rings is 2. The molecule has 0 spiro atoms. The SMILES string of the molecule is CN(c1ccccc1)c1ccc(-c2ccc(C=C(C#N)C#N)s2)cc1. The lowest BCUT2D eigenvalue weighted by molar-refractivity contribution is 1.21. The molecule has 120 valence electrons. The molecule has 3 aromatic rings. The number of hydrogen-bond acceptors (Lipinski definition) is 4. The molecule has 0 aliphatic carbocycles. The van der Waals surface area contributed by atoms with Crippen molar-refractivity contribution in [3.05, 3.63) is 77.2 Å². The lowest BCUT2D eigenvalue weighted by Gasteiger charge is -2.19. The monoisotopic (exact) mass is 341 g/mol. The molecule has 3 nitrogen and oxygen atoms in total. The average Bonchev–Trinajstić information content (AvgIpc) is 3.15. The Morgan fingerprint density at radius 1 is 0.880 bits per heavy atom. The van der Waals surface area contributed by atoms with Crippen LogP contribution in [0.1, 0.15) is 4.88 Å². The molecular formula is C21H15N3S. The molecule has 0 N–H and O–H groups in total. The topological polar surface area (TPSA) is 50.8 Å². The van der Waals surface area contributed by atoms with Gasteiger partial charge in [0.05, 0.1) is 0 Å². The van der Waals surface area contributed by atoms with Crippen LogP contribution in [0.4, 0.5) is 11.4 Å². The summed E-state index contributed by atoms with van der Waals surface area (Å²) in [6, 6.07) is 26.3. The highest BCUT2D eigenvalue weighted by atomic mass is 32.1. The third-order valence-electron chi connectivity index (χ3n) is 3.84. The first-order valence-electron chi connectivity index (χ1n) is 7.72. The first-order chi connectivity index (χ1) is 12.2. The van der Waals surface area contributed by atoms with Gasteiger partial charge in [-0.15, -0.1) is 11.3 Å². The van der Waals surface area contributed by atoms with Gasteiger partial charge in [-0.1, -0.05) is 30.3 Å². The molecule has 0 aliphatic rings. The van der Waals surface area contributed by atoms with Crippen LogP contribution in [0.5, 0.6) is 0 Å². The van der Waals surface area contributed by atoms with Crippen molar-refractivity contribution in [3.63, 3.8) is 0 Å². The number of nitriles is 2. The van der Waals surface area contributed by atoms with E-state index in [1.807, 2.05) is 49.5 Å². The summed E-state index contributed by atoms with van der Waals surface area (Å²) < 4.78 is 0. The van der Waals surface area contributed by atoms with Crippen LogP contribution in [0.2, 0.25) is 0 Å². The first kappa shape index (κ1) is 16.5. The molecule has 25 heavy (non-hydrogen) atoms. The Bertz CT molecular complexity index is 954. The Kier molecular flexibility index (Phi) is 4.95. The zero-order valence-electron chi connectivity index (χ0n) is 13.7. The molecule has 0 amide bonds. The normalized spacial score (nSPS) is 9.72. The maximum atomic E-state index is 8.85. The quantitative estimate of drug-likeness (QED) is 0.579. The maximum absolute atomic E-state index is 8.85. The molecule has 0 fully saturated rings. The lowest BCUT2D eigenvalue weighted by Crippen LogP contribution is -2.08. The van der Waals surface area contributed by atoms with E-state index in [0.29, 0.717) is 0 Å². The van der Waals surface area contributed by atoms with E-state index in [1.165, 1.54) is 0 Å². The van der Waals surface area contributed by atoms with Crippen LogP contribution in [0.15, 0.2) is 72.3 Å². The molecule has 0 saturated carbocycles. The number of rotatable bonds is 4. The van der Waals surface area contributed by atoms with E-state index in [9.17, 15) is 0 Å².